The van der Waals surface area contributed by atoms with Gasteiger partial charge in [0.2, 0.25) is 0 Å². The highest BCUT2D eigenvalue weighted by Crippen LogP contribution is 2.26. The molecule has 3 heteroatoms. The van der Waals surface area contributed by atoms with Gasteiger partial charge in [-0.3, -0.25) is 0 Å². The monoisotopic (exact) mass is 279 g/mol. The van der Waals surface area contributed by atoms with E-state index in [1.807, 2.05) is 11.3 Å². The Bertz CT molecular complexity index is 399. The van der Waals surface area contributed by atoms with Gasteiger partial charge >= 0.3 is 0 Å². The molecule has 1 N–H and O–H groups in total. The van der Waals surface area contributed by atoms with Gasteiger partial charge in [0.25, 0.3) is 0 Å². The van der Waals surface area contributed by atoms with Crippen LogP contribution >= 0.6 is 11.3 Å². The number of allylic oxidation sites excluding steroid dienone is 2. The second-order valence-electron chi connectivity index (χ2n) is 5.34. The minimum atomic E-state index is 0.700. The maximum atomic E-state index is 5.90. The van der Waals surface area contributed by atoms with Crippen LogP contribution in [0.15, 0.2) is 24.3 Å². The Balaban J connectivity index is 1.70. The summed E-state index contributed by atoms with van der Waals surface area (Å²) in [4.78, 5) is 2.74. The fraction of sp³-hybridized carbons (Fsp3) is 0.625. The lowest BCUT2D eigenvalue weighted by Gasteiger charge is -2.24. The molecule has 1 heterocycles. The standard InChI is InChI=1S/C16H25NOS/c1-3-17-10-15-8-9-16(19-15)12-18-11-14-7-5-4-6-13(14)2/h4-5,8-9,13-14,17H,3,6-7,10-12H2,1-2H3. The summed E-state index contributed by atoms with van der Waals surface area (Å²) in [6, 6.07) is 4.40. The van der Waals surface area contributed by atoms with Crippen LogP contribution in [0.25, 0.3) is 0 Å². The molecule has 0 radical (unpaired) electrons. The molecule has 2 atom stereocenters. The normalized spacial score (nSPS) is 22.8. The predicted molar refractivity (Wildman–Crippen MR) is 82.4 cm³/mol. The van der Waals surface area contributed by atoms with Crippen molar-refractivity contribution < 1.29 is 4.74 Å². The summed E-state index contributed by atoms with van der Waals surface area (Å²) in [5.74, 6) is 1.46. The van der Waals surface area contributed by atoms with E-state index in [1.165, 1.54) is 22.6 Å². The summed E-state index contributed by atoms with van der Waals surface area (Å²) in [5, 5.41) is 3.35. The first-order chi connectivity index (χ1) is 9.29. The van der Waals surface area contributed by atoms with Crippen LogP contribution in [-0.4, -0.2) is 13.2 Å². The molecule has 106 valence electrons. The smallest absolute Gasteiger partial charge is 0.0809 e. The SMILES string of the molecule is CCNCc1ccc(COCC2CC=CCC2C)s1. The van der Waals surface area contributed by atoms with Crippen LogP contribution in [0.4, 0.5) is 0 Å². The maximum absolute atomic E-state index is 5.90. The molecular weight excluding hydrogens is 254 g/mol. The molecule has 2 unspecified atom stereocenters. The molecule has 2 rings (SSSR count). The molecule has 0 spiro atoms. The van der Waals surface area contributed by atoms with Crippen LogP contribution in [0.1, 0.15) is 36.4 Å². The minimum Gasteiger partial charge on any atom is -0.376 e. The summed E-state index contributed by atoms with van der Waals surface area (Å²) in [7, 11) is 0. The first kappa shape index (κ1) is 14.8. The van der Waals surface area contributed by atoms with Gasteiger partial charge in [-0.15, -0.1) is 11.3 Å². The van der Waals surface area contributed by atoms with Gasteiger partial charge in [0.15, 0.2) is 0 Å². The van der Waals surface area contributed by atoms with E-state index in [0.29, 0.717) is 5.92 Å². The summed E-state index contributed by atoms with van der Waals surface area (Å²) >= 11 is 1.86. The lowest BCUT2D eigenvalue weighted by Crippen LogP contribution is -2.19. The van der Waals surface area contributed by atoms with E-state index in [4.69, 9.17) is 4.74 Å². The van der Waals surface area contributed by atoms with Crippen LogP contribution < -0.4 is 5.32 Å². The van der Waals surface area contributed by atoms with Crippen LogP contribution in [0.3, 0.4) is 0 Å². The number of hydrogen-bond donors (Lipinski definition) is 1. The molecule has 0 bridgehead atoms. The number of nitrogens with one attached hydrogen (secondary N) is 1. The third-order valence-corrected chi connectivity index (χ3v) is 4.82. The molecular formula is C16H25NOS. The van der Waals surface area contributed by atoms with Gasteiger partial charge in [-0.1, -0.05) is 26.0 Å². The van der Waals surface area contributed by atoms with Crippen molar-refractivity contribution in [3.05, 3.63) is 34.0 Å². The van der Waals surface area contributed by atoms with Crippen molar-refractivity contribution in [2.75, 3.05) is 13.2 Å². The summed E-state index contributed by atoms with van der Waals surface area (Å²) < 4.78 is 5.90. The van der Waals surface area contributed by atoms with Crippen LogP contribution in [0.2, 0.25) is 0 Å². The van der Waals surface area contributed by atoms with Gasteiger partial charge in [-0.25, -0.2) is 0 Å². The lowest BCUT2D eigenvalue weighted by atomic mass is 9.85. The van der Waals surface area contributed by atoms with E-state index < -0.39 is 0 Å². The van der Waals surface area contributed by atoms with Crippen molar-refractivity contribution in [1.29, 1.82) is 0 Å². The molecule has 0 fully saturated rings. The third kappa shape index (κ3) is 4.75. The van der Waals surface area contributed by atoms with E-state index >= 15 is 0 Å². The maximum Gasteiger partial charge on any atom is 0.0809 e. The fourth-order valence-corrected chi connectivity index (χ4v) is 3.32. The Hall–Kier alpha value is -0.640. The van der Waals surface area contributed by atoms with Crippen molar-refractivity contribution in [3.63, 3.8) is 0 Å². The molecule has 1 aromatic heterocycles. The highest BCUT2D eigenvalue weighted by Gasteiger charge is 2.18. The molecule has 1 aliphatic rings. The van der Waals surface area contributed by atoms with Gasteiger partial charge in [0.05, 0.1) is 13.2 Å². The number of ether oxygens (including phenoxy) is 1. The van der Waals surface area contributed by atoms with E-state index in [2.05, 4.69) is 43.4 Å². The topological polar surface area (TPSA) is 21.3 Å². The Morgan fingerprint density at radius 2 is 2.05 bits per heavy atom. The number of rotatable bonds is 7. The second kappa shape index (κ2) is 7.83. The first-order valence-corrected chi connectivity index (χ1v) is 8.12. The molecule has 0 saturated heterocycles. The van der Waals surface area contributed by atoms with E-state index in [0.717, 1.165) is 32.2 Å². The highest BCUT2D eigenvalue weighted by molar-refractivity contribution is 7.11. The van der Waals surface area contributed by atoms with E-state index in [9.17, 15) is 0 Å². The predicted octanol–water partition coefficient (Wildman–Crippen LogP) is 3.98. The zero-order chi connectivity index (χ0) is 13.5. The fourth-order valence-electron chi connectivity index (χ4n) is 2.39. The zero-order valence-corrected chi connectivity index (χ0v) is 12.8. The van der Waals surface area contributed by atoms with Crippen molar-refractivity contribution in [2.45, 2.75) is 39.8 Å². The summed E-state index contributed by atoms with van der Waals surface area (Å²) in [6.07, 6.45) is 6.98. The zero-order valence-electron chi connectivity index (χ0n) is 12.0. The molecule has 2 nitrogen and oxygen atoms in total. The summed E-state index contributed by atoms with van der Waals surface area (Å²) in [5.41, 5.74) is 0. The Labute approximate surface area is 120 Å². The quantitative estimate of drug-likeness (QED) is 0.762. The Morgan fingerprint density at radius 1 is 1.26 bits per heavy atom. The molecule has 0 aliphatic heterocycles. The van der Waals surface area contributed by atoms with Gasteiger partial charge in [-0.2, -0.15) is 0 Å². The Kier molecular flexibility index (Phi) is 6.08. The highest BCUT2D eigenvalue weighted by atomic mass is 32.1. The third-order valence-electron chi connectivity index (χ3n) is 3.76. The molecule has 0 aromatic carbocycles. The Morgan fingerprint density at radius 3 is 2.84 bits per heavy atom. The summed E-state index contributed by atoms with van der Waals surface area (Å²) in [6.45, 7) is 8.13. The van der Waals surface area contributed by atoms with Crippen molar-refractivity contribution >= 4 is 11.3 Å². The van der Waals surface area contributed by atoms with Gasteiger partial charge in [0.1, 0.15) is 0 Å². The molecule has 19 heavy (non-hydrogen) atoms. The van der Waals surface area contributed by atoms with Gasteiger partial charge in [-0.05, 0) is 43.4 Å². The average molecular weight is 279 g/mol. The van der Waals surface area contributed by atoms with Crippen molar-refractivity contribution in [1.82, 2.24) is 5.32 Å². The molecule has 0 amide bonds. The molecule has 0 saturated carbocycles. The van der Waals surface area contributed by atoms with Crippen molar-refractivity contribution in [2.24, 2.45) is 11.8 Å². The van der Waals surface area contributed by atoms with Gasteiger partial charge < -0.3 is 10.1 Å². The number of hydrogen-bond acceptors (Lipinski definition) is 3. The second-order valence-corrected chi connectivity index (χ2v) is 6.60. The van der Waals surface area contributed by atoms with Crippen molar-refractivity contribution in [3.8, 4) is 0 Å². The average Bonchev–Trinajstić information content (AvgIpc) is 2.86. The van der Waals surface area contributed by atoms with Gasteiger partial charge in [0, 0.05) is 16.3 Å². The molecule has 1 aliphatic carbocycles. The lowest BCUT2D eigenvalue weighted by molar-refractivity contribution is 0.0695. The molecule has 1 aromatic rings. The van der Waals surface area contributed by atoms with E-state index in [-0.39, 0.29) is 0 Å². The number of thiophene rings is 1. The first-order valence-electron chi connectivity index (χ1n) is 7.30. The largest absolute Gasteiger partial charge is 0.376 e. The van der Waals surface area contributed by atoms with Crippen LogP contribution in [0, 0.1) is 11.8 Å². The van der Waals surface area contributed by atoms with Crippen LogP contribution in [0.5, 0.6) is 0 Å². The minimum absolute atomic E-state index is 0.700. The van der Waals surface area contributed by atoms with Crippen LogP contribution in [-0.2, 0) is 17.9 Å². The van der Waals surface area contributed by atoms with E-state index in [1.54, 1.807) is 0 Å².